The van der Waals surface area contributed by atoms with Crippen LogP contribution in [0.3, 0.4) is 0 Å². The van der Waals surface area contributed by atoms with Crippen molar-refractivity contribution in [1.82, 2.24) is 5.43 Å². The number of halogens is 2. The van der Waals surface area contributed by atoms with Crippen molar-refractivity contribution >= 4 is 12.1 Å². The Bertz CT molecular complexity index is 627. The van der Waals surface area contributed by atoms with Gasteiger partial charge in [-0.1, -0.05) is 42.5 Å². The van der Waals surface area contributed by atoms with Crippen LogP contribution in [-0.2, 0) is 11.2 Å². The molecule has 3 nitrogen and oxygen atoms in total. The molecule has 0 fully saturated rings. The number of hydrogen-bond acceptors (Lipinski definition) is 2. The lowest BCUT2D eigenvalue weighted by molar-refractivity contribution is -0.120. The summed E-state index contributed by atoms with van der Waals surface area (Å²) in [6.07, 6.45) is 1.24. The molecule has 0 bridgehead atoms. The highest BCUT2D eigenvalue weighted by molar-refractivity contribution is 5.83. The van der Waals surface area contributed by atoms with Gasteiger partial charge in [-0.05, 0) is 11.6 Å². The van der Waals surface area contributed by atoms with E-state index in [0.717, 1.165) is 17.8 Å². The summed E-state index contributed by atoms with van der Waals surface area (Å²) in [6.45, 7) is 0. The highest BCUT2D eigenvalue weighted by Crippen LogP contribution is 2.08. The molecule has 102 valence electrons. The number of amides is 1. The van der Waals surface area contributed by atoms with Gasteiger partial charge in [0.1, 0.15) is 0 Å². The Hall–Kier alpha value is -2.56. The molecule has 0 aromatic heterocycles. The molecule has 0 unspecified atom stereocenters. The van der Waals surface area contributed by atoms with E-state index in [9.17, 15) is 13.6 Å². The van der Waals surface area contributed by atoms with Crippen LogP contribution < -0.4 is 5.43 Å². The van der Waals surface area contributed by atoms with E-state index in [-0.39, 0.29) is 17.9 Å². The quantitative estimate of drug-likeness (QED) is 0.676. The molecule has 0 saturated heterocycles. The van der Waals surface area contributed by atoms with Gasteiger partial charge in [0, 0.05) is 5.56 Å². The Morgan fingerprint density at radius 2 is 1.85 bits per heavy atom. The van der Waals surface area contributed by atoms with Crippen molar-refractivity contribution in [2.75, 3.05) is 0 Å². The fourth-order valence-corrected chi connectivity index (χ4v) is 1.61. The predicted octanol–water partition coefficient (Wildman–Crippen LogP) is 2.66. The van der Waals surface area contributed by atoms with E-state index >= 15 is 0 Å². The summed E-state index contributed by atoms with van der Waals surface area (Å²) in [7, 11) is 0. The van der Waals surface area contributed by atoms with E-state index in [1.165, 1.54) is 12.1 Å². The van der Waals surface area contributed by atoms with Crippen molar-refractivity contribution in [2.24, 2.45) is 5.10 Å². The second-order valence-electron chi connectivity index (χ2n) is 4.10. The first kappa shape index (κ1) is 13.9. The standard InChI is InChI=1S/C15H12F2N2O/c16-13-8-4-7-12(15(13)17)10-18-19-14(20)9-11-5-2-1-3-6-11/h1-8,10H,9H2,(H,19,20). The number of benzene rings is 2. The summed E-state index contributed by atoms with van der Waals surface area (Å²) in [5.41, 5.74) is 3.09. The number of nitrogens with one attached hydrogen (secondary N) is 1. The van der Waals surface area contributed by atoms with Crippen LogP contribution in [0, 0.1) is 11.6 Å². The highest BCUT2D eigenvalue weighted by atomic mass is 19.2. The lowest BCUT2D eigenvalue weighted by atomic mass is 10.1. The maximum atomic E-state index is 13.3. The summed E-state index contributed by atoms with van der Waals surface area (Å²) in [4.78, 5) is 11.6. The van der Waals surface area contributed by atoms with Crippen molar-refractivity contribution in [3.8, 4) is 0 Å². The first-order chi connectivity index (χ1) is 9.66. The van der Waals surface area contributed by atoms with Crippen LogP contribution in [0.4, 0.5) is 8.78 Å². The van der Waals surface area contributed by atoms with Crippen LogP contribution in [0.15, 0.2) is 53.6 Å². The zero-order valence-electron chi connectivity index (χ0n) is 10.5. The van der Waals surface area contributed by atoms with E-state index < -0.39 is 11.6 Å². The van der Waals surface area contributed by atoms with E-state index in [1.54, 1.807) is 0 Å². The summed E-state index contributed by atoms with van der Waals surface area (Å²) in [5, 5.41) is 3.61. The minimum atomic E-state index is -0.992. The molecule has 0 atom stereocenters. The molecule has 2 aromatic carbocycles. The monoisotopic (exact) mass is 274 g/mol. The Balaban J connectivity index is 1.93. The van der Waals surface area contributed by atoms with Crippen molar-refractivity contribution < 1.29 is 13.6 Å². The molecule has 1 N–H and O–H groups in total. The normalized spacial score (nSPS) is 10.7. The predicted molar refractivity (Wildman–Crippen MR) is 72.2 cm³/mol. The zero-order chi connectivity index (χ0) is 14.4. The van der Waals surface area contributed by atoms with Gasteiger partial charge in [0.2, 0.25) is 5.91 Å². The van der Waals surface area contributed by atoms with Gasteiger partial charge in [-0.3, -0.25) is 4.79 Å². The molecule has 20 heavy (non-hydrogen) atoms. The molecule has 0 aliphatic rings. The van der Waals surface area contributed by atoms with Gasteiger partial charge in [0.15, 0.2) is 11.6 Å². The van der Waals surface area contributed by atoms with Crippen molar-refractivity contribution in [3.63, 3.8) is 0 Å². The molecular weight excluding hydrogens is 262 g/mol. The molecule has 1 amide bonds. The summed E-state index contributed by atoms with van der Waals surface area (Å²) in [5.74, 6) is -2.28. The lowest BCUT2D eigenvalue weighted by Gasteiger charge is -2.00. The van der Waals surface area contributed by atoms with Gasteiger partial charge in [0.05, 0.1) is 12.6 Å². The molecule has 5 heteroatoms. The summed E-state index contributed by atoms with van der Waals surface area (Å²) in [6, 6.07) is 12.9. The summed E-state index contributed by atoms with van der Waals surface area (Å²) < 4.78 is 26.2. The van der Waals surface area contributed by atoms with E-state index in [1.807, 2.05) is 30.3 Å². The third-order valence-electron chi connectivity index (χ3n) is 2.58. The molecule has 2 aromatic rings. The Labute approximate surface area is 114 Å². The van der Waals surface area contributed by atoms with Gasteiger partial charge in [-0.15, -0.1) is 0 Å². The molecule has 0 radical (unpaired) electrons. The molecule has 0 aliphatic carbocycles. The third-order valence-corrected chi connectivity index (χ3v) is 2.58. The van der Waals surface area contributed by atoms with Gasteiger partial charge in [-0.25, -0.2) is 14.2 Å². The van der Waals surface area contributed by atoms with E-state index in [0.29, 0.717) is 0 Å². The van der Waals surface area contributed by atoms with Crippen molar-refractivity contribution in [1.29, 1.82) is 0 Å². The van der Waals surface area contributed by atoms with Crippen molar-refractivity contribution in [2.45, 2.75) is 6.42 Å². The molecule has 0 spiro atoms. The molecule has 0 aliphatic heterocycles. The highest BCUT2D eigenvalue weighted by Gasteiger charge is 2.05. The minimum Gasteiger partial charge on any atom is -0.273 e. The van der Waals surface area contributed by atoms with Crippen LogP contribution in [-0.4, -0.2) is 12.1 Å². The molecule has 0 heterocycles. The minimum absolute atomic E-state index is 0.0231. The van der Waals surface area contributed by atoms with E-state index in [4.69, 9.17) is 0 Å². The Morgan fingerprint density at radius 3 is 2.60 bits per heavy atom. The maximum absolute atomic E-state index is 13.3. The number of carbonyl (C=O) groups is 1. The average Bonchev–Trinajstić information content (AvgIpc) is 2.44. The number of carbonyl (C=O) groups excluding carboxylic acids is 1. The van der Waals surface area contributed by atoms with Crippen LogP contribution in [0.1, 0.15) is 11.1 Å². The van der Waals surface area contributed by atoms with Gasteiger partial charge < -0.3 is 0 Å². The van der Waals surface area contributed by atoms with Gasteiger partial charge >= 0.3 is 0 Å². The lowest BCUT2D eigenvalue weighted by Crippen LogP contribution is -2.19. The van der Waals surface area contributed by atoms with Crippen LogP contribution in [0.2, 0.25) is 0 Å². The maximum Gasteiger partial charge on any atom is 0.244 e. The van der Waals surface area contributed by atoms with Crippen LogP contribution in [0.5, 0.6) is 0 Å². The number of hydrazone groups is 1. The summed E-state index contributed by atoms with van der Waals surface area (Å²) >= 11 is 0. The smallest absolute Gasteiger partial charge is 0.244 e. The molecular formula is C15H12F2N2O. The van der Waals surface area contributed by atoms with E-state index in [2.05, 4.69) is 10.5 Å². The topological polar surface area (TPSA) is 41.5 Å². The Kier molecular flexibility index (Phi) is 4.55. The zero-order valence-corrected chi connectivity index (χ0v) is 10.5. The first-order valence-electron chi connectivity index (χ1n) is 5.96. The van der Waals surface area contributed by atoms with Crippen LogP contribution in [0.25, 0.3) is 0 Å². The number of hydrogen-bond donors (Lipinski definition) is 1. The van der Waals surface area contributed by atoms with Crippen LogP contribution >= 0.6 is 0 Å². The molecule has 0 saturated carbocycles. The first-order valence-corrected chi connectivity index (χ1v) is 5.96. The largest absolute Gasteiger partial charge is 0.273 e. The number of nitrogens with zero attached hydrogens (tertiary/aromatic N) is 1. The van der Waals surface area contributed by atoms with Gasteiger partial charge in [0.25, 0.3) is 0 Å². The van der Waals surface area contributed by atoms with Crippen molar-refractivity contribution in [3.05, 3.63) is 71.3 Å². The second kappa shape index (κ2) is 6.56. The second-order valence-corrected chi connectivity index (χ2v) is 4.10. The SMILES string of the molecule is O=C(Cc1ccccc1)NN=Cc1cccc(F)c1F. The van der Waals surface area contributed by atoms with Gasteiger partial charge in [-0.2, -0.15) is 5.10 Å². The fraction of sp³-hybridized carbons (Fsp3) is 0.0667. The average molecular weight is 274 g/mol. The Morgan fingerprint density at radius 1 is 1.10 bits per heavy atom. The fourth-order valence-electron chi connectivity index (χ4n) is 1.61. The molecule has 2 rings (SSSR count). The third kappa shape index (κ3) is 3.71. The number of rotatable bonds is 4.